The zero-order valence-corrected chi connectivity index (χ0v) is 95.0. The molecule has 0 unspecified atom stereocenters. The third-order valence-corrected chi connectivity index (χ3v) is 22.6. The summed E-state index contributed by atoms with van der Waals surface area (Å²) in [5.74, 6) is 0. The minimum atomic E-state index is -4.39. The third-order valence-electron chi connectivity index (χ3n) is 22.6. The Labute approximate surface area is 939 Å². The molecule has 147 heavy (non-hydrogen) atoms. The van der Waals surface area contributed by atoms with Crippen molar-refractivity contribution >= 4 is 0 Å². The molecule has 0 fully saturated rings. The second kappa shape index (κ2) is 59.0. The van der Waals surface area contributed by atoms with Gasteiger partial charge in [-0.3, -0.25) is 0 Å². The van der Waals surface area contributed by atoms with Gasteiger partial charge in [0.25, 0.3) is 0 Å². The molecule has 0 aliphatic carbocycles. The van der Waals surface area contributed by atoms with Gasteiger partial charge in [-0.2, -0.15) is 13.2 Å². The summed E-state index contributed by atoms with van der Waals surface area (Å²) >= 11 is 0. The minimum Gasteiger partial charge on any atom is -0.305 e. The van der Waals surface area contributed by atoms with Crippen LogP contribution in [0.2, 0.25) is 0 Å². The Morgan fingerprint density at radius 1 is 0.224 bits per heavy atom. The fourth-order valence-corrected chi connectivity index (χ4v) is 15.8. The summed E-state index contributed by atoms with van der Waals surface area (Å²) in [4.78, 5) is 35.4. The van der Waals surface area contributed by atoms with Crippen LogP contribution in [0.15, 0.2) is 432 Å². The van der Waals surface area contributed by atoms with Crippen molar-refractivity contribution in [1.29, 1.82) is 0 Å². The minimum absolute atomic E-state index is 0. The van der Waals surface area contributed by atoms with E-state index in [2.05, 4.69) is 317 Å². The van der Waals surface area contributed by atoms with E-state index in [1.165, 1.54) is 108 Å². The van der Waals surface area contributed by atoms with Crippen LogP contribution in [0.3, 0.4) is 0 Å². The van der Waals surface area contributed by atoms with Crippen molar-refractivity contribution in [2.45, 2.75) is 89.3 Å². The molecule has 16 heteroatoms. The van der Waals surface area contributed by atoms with E-state index < -0.39 is 17.8 Å². The van der Waals surface area contributed by atoms with Gasteiger partial charge in [-0.15, -0.1) is 284 Å². The van der Waals surface area contributed by atoms with E-state index in [0.717, 1.165) is 101 Å². The molecule has 8 aromatic heterocycles. The van der Waals surface area contributed by atoms with Crippen LogP contribution in [0.1, 0.15) is 79.2 Å². The zero-order chi connectivity index (χ0) is 104. The molecule has 0 saturated carbocycles. The number of alkyl halides is 3. The molecule has 0 N–H and O–H groups in total. The molecule has 0 aliphatic rings. The molecular formula is C131H107F3Ir5N8-8. The average molecular weight is 2820 g/mol. The second-order valence-electron chi connectivity index (χ2n) is 33.8. The maximum absolute atomic E-state index is 13.1. The van der Waals surface area contributed by atoms with Crippen LogP contribution in [0.4, 0.5) is 13.2 Å². The summed E-state index contributed by atoms with van der Waals surface area (Å²) in [6, 6.07) is 137. The third kappa shape index (κ3) is 34.4. The van der Waals surface area contributed by atoms with Crippen molar-refractivity contribution < 1.29 is 121 Å². The normalized spacial score (nSPS) is 10.6. The first kappa shape index (κ1) is 109. The Balaban J connectivity index is 0.000000193. The van der Waals surface area contributed by atoms with Crippen LogP contribution >= 0.6 is 0 Å². The first-order valence-electron chi connectivity index (χ1n) is 48.9. The van der Waals surface area contributed by atoms with Crippen molar-refractivity contribution in [3.8, 4) is 146 Å². The first-order chi connectivity index (χ1) is 71.1. The van der Waals surface area contributed by atoms with Gasteiger partial charge in [0.2, 0.25) is 0 Å². The molecule has 0 bridgehead atoms. The second-order valence-corrected chi connectivity index (χ2v) is 33.8. The number of hydrogen-bond acceptors (Lipinski definition) is 8. The molecule has 21 aromatic rings. The molecular weight excluding hydrogens is 2700 g/mol. The van der Waals surface area contributed by atoms with Crippen molar-refractivity contribution in [1.82, 2.24) is 39.9 Å². The maximum atomic E-state index is 13.1. The Hall–Kier alpha value is -13.9. The van der Waals surface area contributed by atoms with Gasteiger partial charge in [0.05, 0.1) is 12.4 Å². The van der Waals surface area contributed by atoms with Crippen molar-refractivity contribution in [3.05, 3.63) is 552 Å². The summed E-state index contributed by atoms with van der Waals surface area (Å²) < 4.78 is 78.5. The van der Waals surface area contributed by atoms with Crippen LogP contribution < -0.4 is 0 Å². The predicted octanol–water partition coefficient (Wildman–Crippen LogP) is 33.4. The summed E-state index contributed by atoms with van der Waals surface area (Å²) in [6.07, 6.45) is 9.96. The molecule has 0 amide bonds. The number of aromatic nitrogens is 8. The van der Waals surface area contributed by atoms with Gasteiger partial charge in [-0.1, -0.05) is 252 Å². The summed E-state index contributed by atoms with van der Waals surface area (Å²) in [6.45, 7) is 25.1. The van der Waals surface area contributed by atoms with E-state index >= 15 is 0 Å². The molecule has 13 aromatic carbocycles. The number of pyridine rings is 8. The van der Waals surface area contributed by atoms with E-state index in [0.29, 0.717) is 22.5 Å². The zero-order valence-electron chi connectivity index (χ0n) is 88.0. The number of aryl methyl sites for hydroxylation is 12. The van der Waals surface area contributed by atoms with Crippen LogP contribution in [0.25, 0.3) is 146 Å². The van der Waals surface area contributed by atoms with E-state index in [1.807, 2.05) is 183 Å². The number of hydrogen-bond donors (Lipinski definition) is 0. The Bertz CT molecular complexity index is 7360. The largest absolute Gasteiger partial charge is 0.417 e. The van der Waals surface area contributed by atoms with E-state index in [-0.39, 0.29) is 136 Å². The van der Waals surface area contributed by atoms with Crippen LogP contribution in [0, 0.1) is 132 Å². The average Bonchev–Trinajstić information content (AvgIpc) is 0.770. The fraction of sp³-hybridized carbons (Fsp3) is 0.0992. The SMILES string of the molecule is Cc1[c-]c(-c2cc(C)c(-c3ccccc3)cn2)cc(C)c1.Cc1[c-]c(-c2cc(C)c(-c3ccccc3)cn2)cc(C)c1.Cc1[c-]c(-c2cc(C)c(-c3ccccc3)cn2)cc(C)c1.Cc1cccnc1-c1[c-]cccc1.Cc1cccnc1-c1[c-]cccc1.Cc1cccnc1-c1[c-]cccc1.FC(F)(F)c1ccccc1-c1ccnc(-c2[c-]cccc2)c1.[2H]c1c([2H])c([2H])c(-c2ccc(-c3[c-]cccc3)nc2)c([2H])c1[2H].[Ir].[Ir].[Ir].[Ir].[Ir]. The number of halogens is 3. The van der Waals surface area contributed by atoms with Crippen molar-refractivity contribution in [2.24, 2.45) is 0 Å². The van der Waals surface area contributed by atoms with Crippen molar-refractivity contribution in [3.63, 3.8) is 0 Å². The topological polar surface area (TPSA) is 103 Å². The van der Waals surface area contributed by atoms with E-state index in [9.17, 15) is 13.2 Å². The molecule has 8 heterocycles. The molecule has 0 aliphatic heterocycles. The summed E-state index contributed by atoms with van der Waals surface area (Å²) in [7, 11) is 0. The maximum Gasteiger partial charge on any atom is 0.417 e. The monoisotopic (exact) mass is 2820 g/mol. The van der Waals surface area contributed by atoms with Gasteiger partial charge >= 0.3 is 6.18 Å². The number of nitrogens with zero attached hydrogens (tertiary/aromatic N) is 8. The van der Waals surface area contributed by atoms with Crippen LogP contribution in [-0.2, 0) is 107 Å². The van der Waals surface area contributed by atoms with Crippen LogP contribution in [-0.4, -0.2) is 39.9 Å². The smallest absolute Gasteiger partial charge is 0.305 e. The molecule has 5 radical (unpaired) electrons. The fourth-order valence-electron chi connectivity index (χ4n) is 15.8. The quantitative estimate of drug-likeness (QED) is 0.105. The van der Waals surface area contributed by atoms with Gasteiger partial charge < -0.3 is 39.9 Å². The number of benzene rings is 13. The van der Waals surface area contributed by atoms with E-state index in [4.69, 9.17) is 6.85 Å². The van der Waals surface area contributed by atoms with E-state index in [1.54, 1.807) is 42.5 Å². The molecule has 21 rings (SSSR count). The Morgan fingerprint density at radius 3 is 0.857 bits per heavy atom. The Kier molecular flexibility index (Phi) is 43.7. The van der Waals surface area contributed by atoms with Gasteiger partial charge in [0.15, 0.2) is 0 Å². The van der Waals surface area contributed by atoms with Gasteiger partial charge in [-0.25, -0.2) is 0 Å². The molecule has 8 nitrogen and oxygen atoms in total. The number of rotatable bonds is 13. The molecule has 0 spiro atoms. The van der Waals surface area contributed by atoms with Crippen molar-refractivity contribution in [2.75, 3.05) is 0 Å². The van der Waals surface area contributed by atoms with Crippen LogP contribution in [0.5, 0.6) is 0 Å². The molecule has 0 saturated heterocycles. The van der Waals surface area contributed by atoms with Gasteiger partial charge in [-0.05, 0) is 173 Å². The Morgan fingerprint density at radius 2 is 0.544 bits per heavy atom. The molecule has 745 valence electrons. The standard InChI is InChI=1S/3C20H18N.C18H11F3N.C17H12N.3C12H10N.5Ir/c3*1-14-9-15(2)11-18(10-14)20-12-16(3)19(13-21-20)17-7-5-4-6-8-17;19-18(20,21)16-9-5-4-8-15(16)14-10-11-22-17(12-14)13-6-2-1-3-7-13;1-3-7-14(8-4-1)16-11-12-17(18-13-16)15-9-5-2-6-10-15;3*1-10-6-5-9-13-12(10)11-7-3-2-4-8-11;;;;;/h3*4-10,12-13H,1-3H3;1-6,8-12H;1-9,11-13H;3*2-7,9H,1H3;;;;;/q8*-1;;;;;/i;;;;1D,3D,4D,7D,8D;;;;;;;;. The first-order valence-corrected chi connectivity index (χ1v) is 46.4. The van der Waals surface area contributed by atoms with Gasteiger partial charge in [0.1, 0.15) is 0 Å². The molecule has 0 atom stereocenters. The van der Waals surface area contributed by atoms with Gasteiger partial charge in [0, 0.05) is 167 Å². The predicted molar refractivity (Wildman–Crippen MR) is 577 cm³/mol. The summed E-state index contributed by atoms with van der Waals surface area (Å²) in [5, 5.41) is 0. The summed E-state index contributed by atoms with van der Waals surface area (Å²) in [5.41, 5.74) is 37.5.